The molecule has 23 heteroatoms. The molecule has 18 rings (SSSR count). The predicted molar refractivity (Wildman–Crippen MR) is 552 cm³/mol. The summed E-state index contributed by atoms with van der Waals surface area (Å²) in [5.41, 5.74) is 68.9. The number of likely N-dealkylation sites (N-methyl/N-ethyl adjacent to an activating group) is 1. The first-order valence-electron chi connectivity index (χ1n) is 46.3. The number of fused-ring (bicyclic) bond motifs is 2. The zero-order valence-corrected chi connectivity index (χ0v) is 78.4. The molecule has 0 amide bonds. The highest BCUT2D eigenvalue weighted by molar-refractivity contribution is 5.85. The predicted octanol–water partition coefficient (Wildman–Crippen LogP) is 16.6. The van der Waals surface area contributed by atoms with Crippen molar-refractivity contribution in [3.05, 3.63) is 426 Å². The molecule has 3 saturated heterocycles. The Morgan fingerprint density at radius 1 is 0.415 bits per heavy atom. The van der Waals surface area contributed by atoms with Gasteiger partial charge >= 0.3 is 0 Å². The third-order valence-corrected chi connectivity index (χ3v) is 22.3. The number of nitrogens with two attached hydrogens (primary N) is 10. The molecule has 3 fully saturated rings. The molecule has 0 aliphatic carbocycles. The highest BCUT2D eigenvalue weighted by Gasteiger charge is 2.23. The number of hydrogen-bond acceptors (Lipinski definition) is 23. The van der Waals surface area contributed by atoms with E-state index in [1.165, 1.54) is 96.0 Å². The van der Waals surface area contributed by atoms with E-state index < -0.39 is 6.10 Å². The number of pyridine rings is 3. The zero-order valence-electron chi connectivity index (χ0n) is 78.4. The maximum absolute atomic E-state index is 9.73. The molecule has 23 nitrogen and oxygen atoms in total. The number of ether oxygens (including phenoxy) is 5. The molecule has 22 N–H and O–H groups in total. The number of morpholine rings is 1. The summed E-state index contributed by atoms with van der Waals surface area (Å²) < 4.78 is 26.8. The lowest BCUT2D eigenvalue weighted by atomic mass is 9.92. The number of hydrogen-bond donors (Lipinski definition) is 12. The molecule has 0 radical (unpaired) electrons. The van der Waals surface area contributed by atoms with Crippen LogP contribution in [0.25, 0.3) is 10.8 Å². The lowest BCUT2D eigenvalue weighted by Crippen LogP contribution is -2.40. The molecular weight excluding hydrogens is 1680 g/mol. The number of aliphatic hydroxyl groups excluding tert-OH is 1. The Morgan fingerprint density at radius 2 is 0.881 bits per heavy atom. The molecular formula is C112H141N17O6. The van der Waals surface area contributed by atoms with E-state index in [0.717, 1.165) is 96.0 Å². The van der Waals surface area contributed by atoms with Crippen LogP contribution < -0.4 is 81.6 Å². The molecule has 11 aromatic carbocycles. The van der Waals surface area contributed by atoms with Crippen LogP contribution in [0.1, 0.15) is 124 Å². The van der Waals surface area contributed by atoms with Crippen molar-refractivity contribution < 1.29 is 28.8 Å². The number of likely N-dealkylation sites (tertiary alicyclic amines) is 2. The van der Waals surface area contributed by atoms with Crippen LogP contribution in [0.5, 0.6) is 34.6 Å². The molecule has 4 aliphatic rings. The zero-order chi connectivity index (χ0) is 95.9. The van der Waals surface area contributed by atoms with Gasteiger partial charge in [-0.15, -0.1) is 6.42 Å². The minimum Gasteiger partial charge on any atom is -0.457 e. The highest BCUT2D eigenvalue weighted by Crippen LogP contribution is 2.33. The van der Waals surface area contributed by atoms with Gasteiger partial charge in [0.2, 0.25) is 12.7 Å². The lowest BCUT2D eigenvalue weighted by molar-refractivity contribution is 0.0352. The standard InChI is InChI=1S/C14H15N.C13H13NO.C12H12N2O.C12H18N2O.C12H18N2.C11H17N3.C11H11N.C10H15NO.C8H9NO2.C6H8N2.C3H5N/c15-11-14(12-7-3-1-4-8-12)13-9-5-2-6-10-13;14-10-11-6-8-13(9-7-11)15-12-4-2-1-3-5-12;13-9-10-4-3-5-11(8-10)15-12-6-1-2-7-14-12;13-12(11-4-2-1-3-5-11)10-14-6-8-15-9-7-14;13-12(10-14-8-4-5-9-14)11-6-2-1-3-7-11;12-8-11(14-6-1-2-7-14)10-4-3-5-13-9-10;12-8-10-6-3-5-9-4-1-2-7-11(9)10;1-8(11-2)10(12)9-6-4-3-5-7-9;9-4-6-1-2-7-8(3-6)11-5-10-7;7-5-6-1-3-8-4-2-6;1-2-3-4/h1-10,14H,11,15H2;1-9H,10,14H2;1-8H,9,13H2;1-5,12H,6-10,13H2;1-3,6-7,12H,4-5,8-10,13H2;3-5,9,11H,1-2,6-8,12H2;1-7H,8,12H2;3-8,10-12H,1-2H3;1-3H,4-5,9H2;1-4H,5,7H2;1H,3-4H2/t;;;;;;;8-,10+;;;/m.......0.../s1. The summed E-state index contributed by atoms with van der Waals surface area (Å²) in [4.78, 5) is 19.3. The number of benzene rings is 11. The van der Waals surface area contributed by atoms with Gasteiger partial charge in [0.25, 0.3) is 0 Å². The fourth-order valence-corrected chi connectivity index (χ4v) is 14.6. The summed E-state index contributed by atoms with van der Waals surface area (Å²) in [6, 6.07) is 111. The van der Waals surface area contributed by atoms with Crippen LogP contribution in [-0.4, -0.2) is 140 Å². The Balaban J connectivity index is 0.000000184. The second-order valence-corrected chi connectivity index (χ2v) is 31.9. The van der Waals surface area contributed by atoms with Crippen molar-refractivity contribution in [2.45, 2.75) is 102 Å². The van der Waals surface area contributed by atoms with Gasteiger partial charge in [0, 0.05) is 139 Å². The maximum atomic E-state index is 9.73. The average Bonchev–Trinajstić information content (AvgIpc) is 1.80. The molecule has 3 aromatic heterocycles. The molecule has 14 aromatic rings. The van der Waals surface area contributed by atoms with Crippen LogP contribution in [-0.2, 0) is 37.5 Å². The van der Waals surface area contributed by atoms with Gasteiger partial charge in [-0.05, 0) is 211 Å². The number of aliphatic hydroxyl groups is 1. The Morgan fingerprint density at radius 3 is 1.39 bits per heavy atom. The van der Waals surface area contributed by atoms with Gasteiger partial charge in [0.15, 0.2) is 11.5 Å². The van der Waals surface area contributed by atoms with Crippen molar-refractivity contribution in [1.82, 2.24) is 35.0 Å². The van der Waals surface area contributed by atoms with Crippen LogP contribution in [0.4, 0.5) is 0 Å². The highest BCUT2D eigenvalue weighted by atomic mass is 16.7. The van der Waals surface area contributed by atoms with E-state index in [0.29, 0.717) is 77.0 Å². The van der Waals surface area contributed by atoms with E-state index >= 15 is 0 Å². The molecule has 3 unspecified atom stereocenters. The van der Waals surface area contributed by atoms with Gasteiger partial charge in [-0.1, -0.05) is 261 Å². The van der Waals surface area contributed by atoms with Crippen molar-refractivity contribution in [3.63, 3.8) is 0 Å². The normalized spacial score (nSPS) is 13.8. The van der Waals surface area contributed by atoms with E-state index in [2.05, 4.69) is 163 Å². The van der Waals surface area contributed by atoms with Crippen molar-refractivity contribution in [1.29, 1.82) is 0 Å². The molecule has 4 aliphatic heterocycles. The van der Waals surface area contributed by atoms with Crippen LogP contribution in [0.2, 0.25) is 0 Å². The summed E-state index contributed by atoms with van der Waals surface area (Å²) in [6.07, 6.45) is 18.4. The Bertz CT molecular complexity index is 5350. The smallest absolute Gasteiger partial charge is 0.231 e. The third kappa shape index (κ3) is 40.5. The number of aromatic nitrogens is 3. The van der Waals surface area contributed by atoms with Gasteiger partial charge in [-0.2, -0.15) is 0 Å². The van der Waals surface area contributed by atoms with Crippen LogP contribution in [0, 0.1) is 12.3 Å². The van der Waals surface area contributed by atoms with Crippen molar-refractivity contribution in [2.75, 3.05) is 99.0 Å². The monoisotopic (exact) mass is 1820 g/mol. The number of para-hydroxylation sites is 1. The molecule has 0 spiro atoms. The van der Waals surface area contributed by atoms with E-state index in [1.54, 1.807) is 24.8 Å². The summed E-state index contributed by atoms with van der Waals surface area (Å²) in [6.45, 7) is 17.2. The number of rotatable bonds is 24. The van der Waals surface area contributed by atoms with Crippen molar-refractivity contribution in [2.24, 2.45) is 57.3 Å². The molecule has 5 atom stereocenters. The first-order valence-corrected chi connectivity index (χ1v) is 46.3. The summed E-state index contributed by atoms with van der Waals surface area (Å²) in [7, 11) is 1.84. The number of terminal acetylenes is 1. The maximum Gasteiger partial charge on any atom is 0.231 e. The largest absolute Gasteiger partial charge is 0.457 e. The molecule has 0 saturated carbocycles. The minimum atomic E-state index is -0.420. The summed E-state index contributed by atoms with van der Waals surface area (Å²) in [5, 5.41) is 15.3. The molecule has 135 heavy (non-hydrogen) atoms. The topological polar surface area (TPSA) is 387 Å². The van der Waals surface area contributed by atoms with Gasteiger partial charge in [-0.25, -0.2) is 4.98 Å². The second kappa shape index (κ2) is 65.0. The number of nitrogens with zero attached hydrogens (tertiary/aromatic N) is 6. The van der Waals surface area contributed by atoms with Gasteiger partial charge in [-0.3, -0.25) is 19.8 Å². The Labute approximate surface area is 800 Å². The summed E-state index contributed by atoms with van der Waals surface area (Å²) in [5.74, 6) is 7.15. The Kier molecular flexibility index (Phi) is 51.8. The van der Waals surface area contributed by atoms with Gasteiger partial charge in [0.05, 0.1) is 25.9 Å². The van der Waals surface area contributed by atoms with E-state index in [1.807, 2.05) is 239 Å². The fraction of sp³-hybridized carbons (Fsp3) is 0.277. The van der Waals surface area contributed by atoms with Crippen molar-refractivity contribution in [3.8, 4) is 47.0 Å². The van der Waals surface area contributed by atoms with Crippen molar-refractivity contribution >= 4 is 10.8 Å². The first-order chi connectivity index (χ1) is 66.2. The van der Waals surface area contributed by atoms with E-state index in [4.69, 9.17) is 81.0 Å². The first kappa shape index (κ1) is 108. The number of nitrogens with one attached hydrogen (secondary N) is 1. The van der Waals surface area contributed by atoms with Crippen LogP contribution in [0.15, 0.2) is 365 Å². The van der Waals surface area contributed by atoms with E-state index in [-0.39, 0.29) is 18.1 Å². The quantitative estimate of drug-likeness (QED) is 0.0250. The van der Waals surface area contributed by atoms with Crippen LogP contribution in [0.3, 0.4) is 0 Å². The second-order valence-electron chi connectivity index (χ2n) is 31.9. The van der Waals surface area contributed by atoms with E-state index in [9.17, 15) is 5.11 Å². The van der Waals surface area contributed by atoms with Gasteiger partial charge < -0.3 is 96.3 Å². The fourth-order valence-electron chi connectivity index (χ4n) is 14.6. The average molecular weight is 1820 g/mol. The lowest BCUT2D eigenvalue weighted by Gasteiger charge is -2.29. The molecule has 7 heterocycles. The van der Waals surface area contributed by atoms with Gasteiger partial charge in [0.1, 0.15) is 17.2 Å². The summed E-state index contributed by atoms with van der Waals surface area (Å²) >= 11 is 0. The Hall–Kier alpha value is -12.8. The minimum absolute atomic E-state index is 0.0902. The SMILES string of the molecule is C#CCN.CN[C@@H](C)[C@@H](O)c1ccccc1.NC(CN1CCCC1)c1ccccc1.NC(CN1CCOCC1)c1ccccc1.NCC(c1ccccc1)c1ccccc1.NCC(c1cccnc1)N1CCCC1.NCc1ccc(Oc2ccccc2)cc1.NCc1ccc2c(c1)OCO2.NCc1cccc(Oc2ccccn2)c1.NCc1cccc2ccccc12.NCc1ccncc1. The van der Waals surface area contributed by atoms with Crippen LogP contribution >= 0.6 is 0 Å². The molecule has 0 bridgehead atoms. The third-order valence-electron chi connectivity index (χ3n) is 22.3. The molecule has 710 valence electrons.